The smallest absolute Gasteiger partial charge is 0.317 e. The summed E-state index contributed by atoms with van der Waals surface area (Å²) >= 11 is 5.92. The molecule has 1 aliphatic rings. The lowest BCUT2D eigenvalue weighted by Gasteiger charge is -2.33. The average Bonchev–Trinajstić information content (AvgIpc) is 3.30. The molecule has 1 atom stereocenters. The molecule has 4 rings (SSSR count). The molecule has 1 aromatic heterocycles. The van der Waals surface area contributed by atoms with Crippen LogP contribution in [0.2, 0.25) is 5.02 Å². The van der Waals surface area contributed by atoms with Crippen molar-refractivity contribution in [1.82, 2.24) is 25.1 Å². The number of halogens is 1. The molecular weight excluding hydrogens is 466 g/mol. The number of hydrogen-bond acceptors (Lipinski definition) is 4. The normalized spacial score (nSPS) is 15.5. The van der Waals surface area contributed by atoms with Crippen molar-refractivity contribution in [2.45, 2.75) is 32.2 Å². The zero-order chi connectivity index (χ0) is 24.8. The summed E-state index contributed by atoms with van der Waals surface area (Å²) in [6.07, 6.45) is 5.99. The van der Waals surface area contributed by atoms with E-state index in [1.807, 2.05) is 48.0 Å². The molecule has 1 fully saturated rings. The summed E-state index contributed by atoms with van der Waals surface area (Å²) in [5.41, 5.74) is 3.32. The first kappa shape index (κ1) is 24.6. The second kappa shape index (κ2) is 11.3. The van der Waals surface area contributed by atoms with Crippen LogP contribution in [0.25, 0.3) is 5.69 Å². The van der Waals surface area contributed by atoms with Gasteiger partial charge in [-0.1, -0.05) is 23.7 Å². The summed E-state index contributed by atoms with van der Waals surface area (Å²) in [5.74, 6) is 0.395. The molecule has 3 amide bonds. The lowest BCUT2D eigenvalue weighted by molar-refractivity contribution is 0.0910. The summed E-state index contributed by atoms with van der Waals surface area (Å²) < 4.78 is 7.38. The Balaban J connectivity index is 1.31. The summed E-state index contributed by atoms with van der Waals surface area (Å²) in [6, 6.07) is 12.7. The Morgan fingerprint density at radius 1 is 1.20 bits per heavy atom. The number of ether oxygens (including phenoxy) is 1. The molecule has 1 saturated heterocycles. The maximum Gasteiger partial charge on any atom is 0.317 e. The van der Waals surface area contributed by atoms with Gasteiger partial charge in [-0.15, -0.1) is 0 Å². The molecule has 0 spiro atoms. The van der Waals surface area contributed by atoms with Crippen molar-refractivity contribution in [3.63, 3.8) is 0 Å². The number of urea groups is 1. The molecule has 1 aliphatic heterocycles. The molecular formula is C26H30ClN5O3. The number of hydrogen-bond donors (Lipinski definition) is 2. The fourth-order valence-corrected chi connectivity index (χ4v) is 4.34. The van der Waals surface area contributed by atoms with E-state index in [0.29, 0.717) is 36.0 Å². The summed E-state index contributed by atoms with van der Waals surface area (Å²) in [4.78, 5) is 31.6. The van der Waals surface area contributed by atoms with E-state index < -0.39 is 0 Å². The van der Waals surface area contributed by atoms with Gasteiger partial charge in [-0.2, -0.15) is 0 Å². The van der Waals surface area contributed by atoms with Crippen molar-refractivity contribution < 1.29 is 14.3 Å². The molecule has 2 N–H and O–H groups in total. The number of nitrogens with zero attached hydrogens (tertiary/aromatic N) is 3. The van der Waals surface area contributed by atoms with Crippen LogP contribution in [0.4, 0.5) is 4.79 Å². The van der Waals surface area contributed by atoms with Crippen molar-refractivity contribution in [1.29, 1.82) is 0 Å². The molecule has 2 aromatic carbocycles. The van der Waals surface area contributed by atoms with Gasteiger partial charge < -0.3 is 24.8 Å². The van der Waals surface area contributed by atoms with E-state index in [1.165, 1.54) is 0 Å². The van der Waals surface area contributed by atoms with Gasteiger partial charge >= 0.3 is 6.03 Å². The Bertz CT molecular complexity index is 1180. The van der Waals surface area contributed by atoms with E-state index in [-0.39, 0.29) is 18.0 Å². The third kappa shape index (κ3) is 6.33. The van der Waals surface area contributed by atoms with Crippen LogP contribution in [0.3, 0.4) is 0 Å². The number of aromatic nitrogens is 2. The number of carbonyl (C=O) groups excluding carboxylic acids is 2. The van der Waals surface area contributed by atoms with E-state index in [1.54, 1.807) is 30.5 Å². The number of rotatable bonds is 7. The Kier molecular flexibility index (Phi) is 7.92. The molecule has 0 aliphatic carbocycles. The highest BCUT2D eigenvalue weighted by Crippen LogP contribution is 2.25. The SMILES string of the molecule is COc1cc(C(=O)NC2CCCN(C(=O)NCCc3ccc(Cl)cc3)C2)ccc1-n1cnc(C)c1. The third-order valence-electron chi connectivity index (χ3n) is 6.08. The first-order valence-electron chi connectivity index (χ1n) is 11.7. The second-order valence-electron chi connectivity index (χ2n) is 8.68. The maximum absolute atomic E-state index is 12.9. The molecule has 0 saturated carbocycles. The van der Waals surface area contributed by atoms with E-state index in [4.69, 9.17) is 16.3 Å². The molecule has 8 nitrogen and oxygen atoms in total. The van der Waals surface area contributed by atoms with Crippen LogP contribution in [0, 0.1) is 6.92 Å². The number of methoxy groups -OCH3 is 1. The predicted molar refractivity (Wildman–Crippen MR) is 135 cm³/mol. The average molecular weight is 496 g/mol. The van der Waals surface area contributed by atoms with Crippen molar-refractivity contribution in [3.05, 3.63) is 76.8 Å². The van der Waals surface area contributed by atoms with Crippen LogP contribution in [-0.2, 0) is 6.42 Å². The van der Waals surface area contributed by atoms with Crippen LogP contribution < -0.4 is 15.4 Å². The summed E-state index contributed by atoms with van der Waals surface area (Å²) in [7, 11) is 1.58. The van der Waals surface area contributed by atoms with Crippen molar-refractivity contribution in [2.24, 2.45) is 0 Å². The first-order valence-corrected chi connectivity index (χ1v) is 12.1. The van der Waals surface area contributed by atoms with Gasteiger partial charge in [-0.05, 0) is 62.1 Å². The largest absolute Gasteiger partial charge is 0.495 e. The second-order valence-corrected chi connectivity index (χ2v) is 9.11. The molecule has 9 heteroatoms. The molecule has 184 valence electrons. The van der Waals surface area contributed by atoms with Gasteiger partial charge in [-0.3, -0.25) is 4.79 Å². The molecule has 2 heterocycles. The van der Waals surface area contributed by atoms with Gasteiger partial charge in [-0.25, -0.2) is 9.78 Å². The lowest BCUT2D eigenvalue weighted by atomic mass is 10.0. The lowest BCUT2D eigenvalue weighted by Crippen LogP contribution is -2.52. The van der Waals surface area contributed by atoms with Gasteiger partial charge in [0.1, 0.15) is 5.75 Å². The topological polar surface area (TPSA) is 88.5 Å². The Morgan fingerprint density at radius 2 is 2.00 bits per heavy atom. The van der Waals surface area contributed by atoms with E-state index in [9.17, 15) is 9.59 Å². The number of piperidine rings is 1. The molecule has 0 bridgehead atoms. The Labute approximate surface area is 210 Å². The minimum absolute atomic E-state index is 0.111. The Hall–Kier alpha value is -3.52. The fraction of sp³-hybridized carbons (Fsp3) is 0.346. The summed E-state index contributed by atoms with van der Waals surface area (Å²) in [5, 5.41) is 6.75. The van der Waals surface area contributed by atoms with Gasteiger partial charge in [0.15, 0.2) is 0 Å². The minimum Gasteiger partial charge on any atom is -0.495 e. The standard InChI is InChI=1S/C26H30ClN5O3/c1-18-15-32(17-29-18)23-10-7-20(14-24(23)35-2)25(33)30-22-4-3-13-31(16-22)26(34)28-12-11-19-5-8-21(27)9-6-19/h5-10,14-15,17,22H,3-4,11-13,16H2,1-2H3,(H,28,34)(H,30,33). The van der Waals surface area contributed by atoms with Gasteiger partial charge in [0.25, 0.3) is 5.91 Å². The molecule has 1 unspecified atom stereocenters. The van der Waals surface area contributed by atoms with Crippen LogP contribution in [-0.4, -0.2) is 59.2 Å². The highest BCUT2D eigenvalue weighted by atomic mass is 35.5. The summed E-state index contributed by atoms with van der Waals surface area (Å²) in [6.45, 7) is 3.60. The van der Waals surface area contributed by atoms with Crippen molar-refractivity contribution in [3.8, 4) is 11.4 Å². The predicted octanol–water partition coefficient (Wildman–Crippen LogP) is 3.99. The molecule has 35 heavy (non-hydrogen) atoms. The van der Waals surface area contributed by atoms with Gasteiger partial charge in [0.2, 0.25) is 0 Å². The van der Waals surface area contributed by atoms with E-state index in [2.05, 4.69) is 15.6 Å². The molecule has 0 radical (unpaired) electrons. The number of likely N-dealkylation sites (tertiary alicyclic amines) is 1. The molecule has 3 aromatic rings. The van der Waals surface area contributed by atoms with Gasteiger partial charge in [0.05, 0.1) is 24.8 Å². The highest BCUT2D eigenvalue weighted by molar-refractivity contribution is 6.30. The van der Waals surface area contributed by atoms with Crippen molar-refractivity contribution in [2.75, 3.05) is 26.7 Å². The van der Waals surface area contributed by atoms with Crippen LogP contribution in [0.1, 0.15) is 34.5 Å². The van der Waals surface area contributed by atoms with Crippen LogP contribution in [0.15, 0.2) is 55.0 Å². The van der Waals surface area contributed by atoms with Crippen LogP contribution >= 0.6 is 11.6 Å². The maximum atomic E-state index is 12.9. The zero-order valence-electron chi connectivity index (χ0n) is 20.0. The Morgan fingerprint density at radius 3 is 2.71 bits per heavy atom. The number of imidazole rings is 1. The monoisotopic (exact) mass is 495 g/mol. The van der Waals surface area contributed by atoms with Crippen molar-refractivity contribution >= 4 is 23.5 Å². The minimum atomic E-state index is -0.188. The number of amides is 3. The zero-order valence-corrected chi connectivity index (χ0v) is 20.7. The quantitative estimate of drug-likeness (QED) is 0.518. The fourth-order valence-electron chi connectivity index (χ4n) is 4.21. The van der Waals surface area contributed by atoms with E-state index in [0.717, 1.165) is 36.2 Å². The number of carbonyl (C=O) groups is 2. The first-order chi connectivity index (χ1) is 16.9. The number of nitrogens with one attached hydrogen (secondary N) is 2. The van der Waals surface area contributed by atoms with Crippen LogP contribution in [0.5, 0.6) is 5.75 Å². The highest BCUT2D eigenvalue weighted by Gasteiger charge is 2.25. The third-order valence-corrected chi connectivity index (χ3v) is 6.33. The van der Waals surface area contributed by atoms with Gasteiger partial charge in [0, 0.05) is 42.5 Å². The van der Waals surface area contributed by atoms with E-state index >= 15 is 0 Å². The number of benzene rings is 2. The number of aryl methyl sites for hydroxylation is 1.